The smallest absolute Gasteiger partial charge is 0.326 e. The molecular weight excluding hydrogens is 269 g/mol. The molecule has 0 aliphatic carbocycles. The lowest BCUT2D eigenvalue weighted by molar-refractivity contribution is -0.137. The quantitative estimate of drug-likeness (QED) is 0.876. The topological polar surface area (TPSA) is 41.1 Å². The van der Waals surface area contributed by atoms with Crippen LogP contribution in [0.3, 0.4) is 0 Å². The highest BCUT2D eigenvalue weighted by atomic mass is 19.4. The van der Waals surface area contributed by atoms with Gasteiger partial charge in [-0.3, -0.25) is 4.79 Å². The van der Waals surface area contributed by atoms with Gasteiger partial charge in [0, 0.05) is 17.8 Å². The number of benzene rings is 1. The molecule has 2 aliphatic rings. The van der Waals surface area contributed by atoms with Gasteiger partial charge in [-0.2, -0.15) is 13.2 Å². The maximum atomic E-state index is 12.6. The summed E-state index contributed by atoms with van der Waals surface area (Å²) < 4.78 is 37.8. The van der Waals surface area contributed by atoms with Crippen LogP contribution >= 0.6 is 0 Å². The molecule has 3 nitrogen and oxygen atoms in total. The predicted octanol–water partition coefficient (Wildman–Crippen LogP) is 2.78. The van der Waals surface area contributed by atoms with Crippen LogP contribution in [0, 0.1) is 5.92 Å². The van der Waals surface area contributed by atoms with Crippen molar-refractivity contribution in [2.45, 2.75) is 37.5 Å². The fraction of sp³-hybridized carbons (Fsp3) is 0.500. The number of nitrogens with one attached hydrogen (secondary N) is 2. The summed E-state index contributed by atoms with van der Waals surface area (Å²) in [5.74, 6) is -0.327. The molecular formula is C14H15F3N2O. The molecule has 6 heteroatoms. The molecule has 1 amide bonds. The van der Waals surface area contributed by atoms with Crippen LogP contribution in [0.5, 0.6) is 0 Å². The molecule has 20 heavy (non-hydrogen) atoms. The summed E-state index contributed by atoms with van der Waals surface area (Å²) in [4.78, 5) is 12.1. The minimum atomic E-state index is -4.39. The molecule has 0 radical (unpaired) electrons. The third-order valence-corrected chi connectivity index (χ3v) is 4.09. The Morgan fingerprint density at radius 1 is 1.30 bits per heavy atom. The van der Waals surface area contributed by atoms with Crippen LogP contribution in [0.2, 0.25) is 0 Å². The molecule has 0 spiro atoms. The molecule has 2 fully saturated rings. The summed E-state index contributed by atoms with van der Waals surface area (Å²) in [5, 5.41) is 5.94. The number of halogens is 3. The predicted molar refractivity (Wildman–Crippen MR) is 68.1 cm³/mol. The lowest BCUT2D eigenvalue weighted by Crippen LogP contribution is -2.32. The molecule has 2 heterocycles. The van der Waals surface area contributed by atoms with Gasteiger partial charge < -0.3 is 10.6 Å². The van der Waals surface area contributed by atoms with Gasteiger partial charge in [0.15, 0.2) is 0 Å². The molecule has 1 aromatic carbocycles. The summed E-state index contributed by atoms with van der Waals surface area (Å²) >= 11 is 0. The van der Waals surface area contributed by atoms with Gasteiger partial charge in [-0.25, -0.2) is 0 Å². The van der Waals surface area contributed by atoms with Gasteiger partial charge in [0.2, 0.25) is 5.91 Å². The average Bonchev–Trinajstić information content (AvgIpc) is 3.00. The fourth-order valence-corrected chi connectivity index (χ4v) is 3.12. The lowest BCUT2D eigenvalue weighted by atomic mass is 9.88. The summed E-state index contributed by atoms with van der Waals surface area (Å²) in [6.45, 7) is 0. The van der Waals surface area contributed by atoms with Gasteiger partial charge in [-0.1, -0.05) is 6.07 Å². The standard InChI is InChI=1S/C14H15F3N2O/c15-14(16,17)8-2-1-3-9(6-8)19-13(20)11-7-10-4-5-12(11)18-10/h1-3,6,10-12,18H,4-5,7H2,(H,19,20). The number of carbonyl (C=O) groups is 1. The van der Waals surface area contributed by atoms with Crippen molar-refractivity contribution in [2.75, 3.05) is 5.32 Å². The normalized spacial score (nSPS) is 28.6. The lowest BCUT2D eigenvalue weighted by Gasteiger charge is -2.19. The van der Waals surface area contributed by atoms with Gasteiger partial charge >= 0.3 is 6.18 Å². The summed E-state index contributed by atoms with van der Waals surface area (Å²) in [7, 11) is 0. The first kappa shape index (κ1) is 13.4. The maximum absolute atomic E-state index is 12.6. The highest BCUT2D eigenvalue weighted by Crippen LogP contribution is 2.34. The number of hydrogen-bond acceptors (Lipinski definition) is 2. The van der Waals surface area contributed by atoms with E-state index < -0.39 is 11.7 Å². The molecule has 108 valence electrons. The second-order valence-electron chi connectivity index (χ2n) is 5.46. The van der Waals surface area contributed by atoms with E-state index in [9.17, 15) is 18.0 Å². The van der Waals surface area contributed by atoms with Crippen LogP contribution < -0.4 is 10.6 Å². The minimum absolute atomic E-state index is 0.136. The van der Waals surface area contributed by atoms with E-state index in [1.807, 2.05) is 0 Å². The van der Waals surface area contributed by atoms with Crippen LogP contribution in [-0.2, 0) is 11.0 Å². The third kappa shape index (κ3) is 2.52. The number of alkyl halides is 3. The molecule has 2 N–H and O–H groups in total. The zero-order valence-electron chi connectivity index (χ0n) is 10.7. The van der Waals surface area contributed by atoms with Crippen LogP contribution in [0.15, 0.2) is 24.3 Å². The molecule has 2 saturated heterocycles. The second-order valence-corrected chi connectivity index (χ2v) is 5.46. The Bertz CT molecular complexity index is 529. The van der Waals surface area contributed by atoms with Crippen LogP contribution in [0.4, 0.5) is 18.9 Å². The molecule has 3 unspecified atom stereocenters. The fourth-order valence-electron chi connectivity index (χ4n) is 3.12. The van der Waals surface area contributed by atoms with Crippen molar-refractivity contribution in [3.05, 3.63) is 29.8 Å². The maximum Gasteiger partial charge on any atom is 0.416 e. The van der Waals surface area contributed by atoms with E-state index in [0.717, 1.165) is 31.4 Å². The Kier molecular flexibility index (Phi) is 3.20. The van der Waals surface area contributed by atoms with Gasteiger partial charge in [0.1, 0.15) is 0 Å². The summed E-state index contributed by atoms with van der Waals surface area (Å²) in [5.41, 5.74) is -0.547. The first-order valence-corrected chi connectivity index (χ1v) is 6.67. The number of rotatable bonds is 2. The number of hydrogen-bond donors (Lipinski definition) is 2. The third-order valence-electron chi connectivity index (χ3n) is 4.09. The van der Waals surface area contributed by atoms with E-state index >= 15 is 0 Å². The molecule has 2 bridgehead atoms. The van der Waals surface area contributed by atoms with Gasteiger partial charge in [-0.05, 0) is 37.5 Å². The van der Waals surface area contributed by atoms with E-state index in [4.69, 9.17) is 0 Å². The average molecular weight is 284 g/mol. The minimum Gasteiger partial charge on any atom is -0.326 e. The zero-order chi connectivity index (χ0) is 14.3. The van der Waals surface area contributed by atoms with Gasteiger partial charge in [0.25, 0.3) is 0 Å². The molecule has 0 saturated carbocycles. The largest absolute Gasteiger partial charge is 0.416 e. The van der Waals surface area contributed by atoms with Crippen molar-refractivity contribution in [3.8, 4) is 0 Å². The van der Waals surface area contributed by atoms with Crippen LogP contribution in [-0.4, -0.2) is 18.0 Å². The second kappa shape index (κ2) is 4.77. The number of carbonyl (C=O) groups excluding carboxylic acids is 1. The number of fused-ring (bicyclic) bond motifs is 2. The highest BCUT2D eigenvalue weighted by molar-refractivity contribution is 5.93. The number of amides is 1. The monoisotopic (exact) mass is 284 g/mol. The van der Waals surface area contributed by atoms with Crippen molar-refractivity contribution < 1.29 is 18.0 Å². The van der Waals surface area contributed by atoms with Crippen molar-refractivity contribution in [1.29, 1.82) is 0 Å². The zero-order valence-corrected chi connectivity index (χ0v) is 10.7. The van der Waals surface area contributed by atoms with E-state index in [-0.39, 0.29) is 23.6 Å². The van der Waals surface area contributed by atoms with Crippen molar-refractivity contribution in [2.24, 2.45) is 5.92 Å². The summed E-state index contributed by atoms with van der Waals surface area (Å²) in [6, 6.07) is 5.31. The Labute approximate surface area is 114 Å². The Balaban J connectivity index is 1.70. The molecule has 1 aromatic rings. The molecule has 2 aliphatic heterocycles. The summed E-state index contributed by atoms with van der Waals surface area (Å²) in [6.07, 6.45) is -1.58. The van der Waals surface area contributed by atoms with Gasteiger partial charge in [0.05, 0.1) is 11.5 Å². The number of anilines is 1. The van der Waals surface area contributed by atoms with Crippen molar-refractivity contribution in [1.82, 2.24) is 5.32 Å². The van der Waals surface area contributed by atoms with E-state index in [2.05, 4.69) is 10.6 Å². The molecule has 3 rings (SSSR count). The van der Waals surface area contributed by atoms with E-state index in [0.29, 0.717) is 6.04 Å². The molecule has 0 aromatic heterocycles. The Morgan fingerprint density at radius 2 is 2.10 bits per heavy atom. The van der Waals surface area contributed by atoms with Crippen LogP contribution in [0.1, 0.15) is 24.8 Å². The highest BCUT2D eigenvalue weighted by Gasteiger charge is 2.42. The Hall–Kier alpha value is -1.56. The first-order chi connectivity index (χ1) is 9.43. The van der Waals surface area contributed by atoms with E-state index in [1.165, 1.54) is 12.1 Å². The molecule has 3 atom stereocenters. The SMILES string of the molecule is O=C(Nc1cccc(C(F)(F)F)c1)C1CC2CCC1N2. The van der Waals surface area contributed by atoms with Crippen LogP contribution in [0.25, 0.3) is 0 Å². The first-order valence-electron chi connectivity index (χ1n) is 6.67. The van der Waals surface area contributed by atoms with E-state index in [1.54, 1.807) is 0 Å². The van der Waals surface area contributed by atoms with Crippen molar-refractivity contribution >= 4 is 11.6 Å². The van der Waals surface area contributed by atoms with Gasteiger partial charge in [-0.15, -0.1) is 0 Å². The Morgan fingerprint density at radius 3 is 2.70 bits per heavy atom. The van der Waals surface area contributed by atoms with Crippen molar-refractivity contribution in [3.63, 3.8) is 0 Å².